The minimum atomic E-state index is -4.32. The van der Waals surface area contributed by atoms with Crippen molar-refractivity contribution in [3.8, 4) is 0 Å². The molecule has 0 aliphatic carbocycles. The molecule has 2 aromatic carbocycles. The van der Waals surface area contributed by atoms with Gasteiger partial charge >= 0.3 is 6.18 Å². The molecule has 0 bridgehead atoms. The highest BCUT2D eigenvalue weighted by Gasteiger charge is 2.30. The van der Waals surface area contributed by atoms with Crippen molar-refractivity contribution in [2.45, 2.75) is 18.6 Å². The zero-order valence-corrected chi connectivity index (χ0v) is 12.1. The highest BCUT2D eigenvalue weighted by molar-refractivity contribution is 9.10. The molecule has 0 radical (unpaired) electrons. The van der Waals surface area contributed by atoms with Crippen LogP contribution < -0.4 is 5.73 Å². The molecule has 0 spiro atoms. The Balaban J connectivity index is 2.15. The molecule has 0 aliphatic heterocycles. The summed E-state index contributed by atoms with van der Waals surface area (Å²) in [5, 5.41) is 0. The molecule has 1 nitrogen and oxygen atoms in total. The van der Waals surface area contributed by atoms with Crippen LogP contribution in [0, 0.1) is 0 Å². The molecular formula is C15H13BrF3N. The van der Waals surface area contributed by atoms with Crippen LogP contribution in [0.25, 0.3) is 0 Å². The first-order valence-corrected chi connectivity index (χ1v) is 6.83. The fraction of sp³-hybridized carbons (Fsp3) is 0.200. The van der Waals surface area contributed by atoms with E-state index in [9.17, 15) is 13.2 Å². The van der Waals surface area contributed by atoms with Gasteiger partial charge in [0.15, 0.2) is 0 Å². The molecule has 0 fully saturated rings. The van der Waals surface area contributed by atoms with E-state index in [0.29, 0.717) is 12.0 Å². The maximum absolute atomic E-state index is 12.6. The van der Waals surface area contributed by atoms with Gasteiger partial charge in [0, 0.05) is 10.5 Å². The lowest BCUT2D eigenvalue weighted by molar-refractivity contribution is -0.137. The molecule has 0 saturated heterocycles. The van der Waals surface area contributed by atoms with E-state index in [-0.39, 0.29) is 6.04 Å². The minimum Gasteiger partial charge on any atom is -0.324 e. The largest absolute Gasteiger partial charge is 0.416 e. The van der Waals surface area contributed by atoms with Gasteiger partial charge in [-0.2, -0.15) is 13.2 Å². The Kier molecular flexibility index (Phi) is 4.50. The van der Waals surface area contributed by atoms with Crippen molar-refractivity contribution in [3.63, 3.8) is 0 Å². The van der Waals surface area contributed by atoms with Gasteiger partial charge in [-0.15, -0.1) is 0 Å². The molecule has 1 unspecified atom stereocenters. The Labute approximate surface area is 123 Å². The van der Waals surface area contributed by atoms with Gasteiger partial charge in [0.25, 0.3) is 0 Å². The van der Waals surface area contributed by atoms with Crippen LogP contribution in [0.1, 0.15) is 22.7 Å². The zero-order chi connectivity index (χ0) is 14.8. The molecular weight excluding hydrogens is 331 g/mol. The Hall–Kier alpha value is -1.33. The lowest BCUT2D eigenvalue weighted by Gasteiger charge is -2.14. The van der Waals surface area contributed by atoms with Gasteiger partial charge in [0.1, 0.15) is 0 Å². The van der Waals surface area contributed by atoms with Gasteiger partial charge in [0.2, 0.25) is 0 Å². The van der Waals surface area contributed by atoms with E-state index in [4.69, 9.17) is 5.73 Å². The van der Waals surface area contributed by atoms with Crippen molar-refractivity contribution < 1.29 is 13.2 Å². The van der Waals surface area contributed by atoms with Crippen molar-refractivity contribution in [3.05, 3.63) is 69.7 Å². The van der Waals surface area contributed by atoms with E-state index < -0.39 is 11.7 Å². The molecule has 0 heterocycles. The summed E-state index contributed by atoms with van der Waals surface area (Å²) in [6.07, 6.45) is -3.96. The molecule has 0 aliphatic rings. The lowest BCUT2D eigenvalue weighted by atomic mass is 9.98. The van der Waals surface area contributed by atoms with Crippen LogP contribution >= 0.6 is 15.9 Å². The second-order valence-electron chi connectivity index (χ2n) is 4.56. The summed E-state index contributed by atoms with van der Waals surface area (Å²) in [5.74, 6) is 0. The Morgan fingerprint density at radius 2 is 1.70 bits per heavy atom. The normalized spacial score (nSPS) is 13.2. The fourth-order valence-electron chi connectivity index (χ4n) is 1.96. The summed E-state index contributed by atoms with van der Waals surface area (Å²) in [4.78, 5) is 0. The van der Waals surface area contributed by atoms with E-state index in [1.165, 1.54) is 6.07 Å². The third-order valence-electron chi connectivity index (χ3n) is 3.01. The van der Waals surface area contributed by atoms with Gasteiger partial charge in [0.05, 0.1) is 5.56 Å². The van der Waals surface area contributed by atoms with E-state index >= 15 is 0 Å². The van der Waals surface area contributed by atoms with E-state index in [1.807, 2.05) is 24.3 Å². The van der Waals surface area contributed by atoms with Crippen LogP contribution in [-0.2, 0) is 12.6 Å². The lowest BCUT2D eigenvalue weighted by Crippen LogP contribution is -2.14. The summed E-state index contributed by atoms with van der Waals surface area (Å²) in [7, 11) is 0. The first kappa shape index (κ1) is 15.1. The number of hydrogen-bond acceptors (Lipinski definition) is 1. The monoisotopic (exact) mass is 343 g/mol. The van der Waals surface area contributed by atoms with Crippen LogP contribution in [0.4, 0.5) is 13.2 Å². The highest BCUT2D eigenvalue weighted by atomic mass is 79.9. The van der Waals surface area contributed by atoms with E-state index in [1.54, 1.807) is 6.07 Å². The topological polar surface area (TPSA) is 26.0 Å². The van der Waals surface area contributed by atoms with Crippen molar-refractivity contribution >= 4 is 15.9 Å². The number of hydrogen-bond donors (Lipinski definition) is 1. The van der Waals surface area contributed by atoms with Gasteiger partial charge in [-0.1, -0.05) is 46.3 Å². The average Bonchev–Trinajstić information content (AvgIpc) is 2.38. The molecule has 2 aromatic rings. The predicted octanol–water partition coefficient (Wildman–Crippen LogP) is 4.71. The molecule has 20 heavy (non-hydrogen) atoms. The predicted molar refractivity (Wildman–Crippen MR) is 76.2 cm³/mol. The number of nitrogens with two attached hydrogens (primary N) is 1. The zero-order valence-electron chi connectivity index (χ0n) is 10.5. The number of rotatable bonds is 3. The summed E-state index contributed by atoms with van der Waals surface area (Å²) < 4.78 is 38.8. The first-order valence-electron chi connectivity index (χ1n) is 6.03. The van der Waals surface area contributed by atoms with Crippen molar-refractivity contribution in [2.75, 3.05) is 0 Å². The molecule has 5 heteroatoms. The standard InChI is InChI=1S/C15H13BrF3N/c16-13-6-4-11(5-7-13)14(20)9-10-2-1-3-12(8-10)15(17,18)19/h1-8,14H,9,20H2. The van der Waals surface area contributed by atoms with Crippen LogP contribution in [0.2, 0.25) is 0 Å². The molecule has 0 saturated carbocycles. The highest BCUT2D eigenvalue weighted by Crippen LogP contribution is 2.30. The maximum atomic E-state index is 12.6. The van der Waals surface area contributed by atoms with Gasteiger partial charge in [-0.25, -0.2) is 0 Å². The maximum Gasteiger partial charge on any atom is 0.416 e. The molecule has 0 aromatic heterocycles. The van der Waals surface area contributed by atoms with Crippen LogP contribution in [0.3, 0.4) is 0 Å². The number of halogens is 4. The summed E-state index contributed by atoms with van der Waals surface area (Å²) in [6.45, 7) is 0. The average molecular weight is 344 g/mol. The Morgan fingerprint density at radius 1 is 1.05 bits per heavy atom. The quantitative estimate of drug-likeness (QED) is 0.857. The van der Waals surface area contributed by atoms with Gasteiger partial charge in [-0.05, 0) is 35.7 Å². The molecule has 2 N–H and O–H groups in total. The SMILES string of the molecule is NC(Cc1cccc(C(F)(F)F)c1)c1ccc(Br)cc1. The second-order valence-corrected chi connectivity index (χ2v) is 5.48. The summed E-state index contributed by atoms with van der Waals surface area (Å²) >= 11 is 3.33. The van der Waals surface area contributed by atoms with E-state index in [2.05, 4.69) is 15.9 Å². The summed E-state index contributed by atoms with van der Waals surface area (Å²) in [5.41, 5.74) is 6.87. The van der Waals surface area contributed by atoms with Gasteiger partial charge < -0.3 is 5.73 Å². The van der Waals surface area contributed by atoms with E-state index in [0.717, 1.165) is 22.2 Å². The Bertz CT molecular complexity index is 578. The number of alkyl halides is 3. The van der Waals surface area contributed by atoms with Crippen molar-refractivity contribution in [2.24, 2.45) is 5.73 Å². The molecule has 106 valence electrons. The third-order valence-corrected chi connectivity index (χ3v) is 3.54. The van der Waals surface area contributed by atoms with Crippen LogP contribution in [-0.4, -0.2) is 0 Å². The third kappa shape index (κ3) is 3.84. The summed E-state index contributed by atoms with van der Waals surface area (Å²) in [6, 6.07) is 12.4. The molecule has 0 amide bonds. The first-order chi connectivity index (χ1) is 9.36. The fourth-order valence-corrected chi connectivity index (χ4v) is 2.22. The smallest absolute Gasteiger partial charge is 0.324 e. The molecule has 2 rings (SSSR count). The molecule has 1 atom stereocenters. The Morgan fingerprint density at radius 3 is 2.30 bits per heavy atom. The second kappa shape index (κ2) is 5.97. The number of benzene rings is 2. The van der Waals surface area contributed by atoms with Crippen molar-refractivity contribution in [1.29, 1.82) is 0 Å². The minimum absolute atomic E-state index is 0.327. The van der Waals surface area contributed by atoms with Gasteiger partial charge in [-0.3, -0.25) is 0 Å². The van der Waals surface area contributed by atoms with Crippen molar-refractivity contribution in [1.82, 2.24) is 0 Å². The van der Waals surface area contributed by atoms with Crippen LogP contribution in [0.5, 0.6) is 0 Å². The van der Waals surface area contributed by atoms with Crippen LogP contribution in [0.15, 0.2) is 53.0 Å².